The molecule has 0 radical (unpaired) electrons. The molecule has 1 fully saturated rings. The summed E-state index contributed by atoms with van der Waals surface area (Å²) in [6, 6.07) is 6.89. The Bertz CT molecular complexity index is 566. The van der Waals surface area contributed by atoms with Gasteiger partial charge in [-0.3, -0.25) is 9.69 Å². The summed E-state index contributed by atoms with van der Waals surface area (Å²) in [5.41, 5.74) is 0.147. The summed E-state index contributed by atoms with van der Waals surface area (Å²) in [6.45, 7) is 6.02. The molecule has 6 heteroatoms. The van der Waals surface area contributed by atoms with E-state index in [4.69, 9.17) is 4.74 Å². The van der Waals surface area contributed by atoms with Crippen molar-refractivity contribution in [3.63, 3.8) is 0 Å². The van der Waals surface area contributed by atoms with E-state index in [9.17, 15) is 9.59 Å². The minimum absolute atomic E-state index is 0.169. The molecule has 0 saturated carbocycles. The smallest absolute Gasteiger partial charge is 0.410 e. The van der Waals surface area contributed by atoms with Gasteiger partial charge < -0.3 is 10.1 Å². The summed E-state index contributed by atoms with van der Waals surface area (Å²) in [5, 5.41) is 2.88. The van der Waals surface area contributed by atoms with Crippen LogP contribution in [0.4, 0.5) is 10.5 Å². The van der Waals surface area contributed by atoms with E-state index in [1.165, 1.54) is 0 Å². The van der Waals surface area contributed by atoms with E-state index in [0.29, 0.717) is 18.7 Å². The zero-order chi connectivity index (χ0) is 17.0. The highest BCUT2D eigenvalue weighted by molar-refractivity contribution is 9.10. The molecule has 1 aromatic rings. The Kier molecular flexibility index (Phi) is 5.68. The first-order chi connectivity index (χ1) is 10.8. The Morgan fingerprint density at radius 2 is 1.87 bits per heavy atom. The lowest BCUT2D eigenvalue weighted by molar-refractivity contribution is -0.122. The Balaban J connectivity index is 2.06. The van der Waals surface area contributed by atoms with Crippen molar-refractivity contribution in [2.45, 2.75) is 51.7 Å². The van der Waals surface area contributed by atoms with Crippen molar-refractivity contribution in [1.29, 1.82) is 0 Å². The maximum atomic E-state index is 12.6. The molecule has 126 valence electrons. The number of hydrogen-bond donors (Lipinski definition) is 1. The Hall–Kier alpha value is -1.56. The summed E-state index contributed by atoms with van der Waals surface area (Å²) < 4.78 is 6.37. The van der Waals surface area contributed by atoms with Gasteiger partial charge in [0.15, 0.2) is 0 Å². The van der Waals surface area contributed by atoms with Crippen molar-refractivity contribution in [3.05, 3.63) is 28.7 Å². The Morgan fingerprint density at radius 3 is 2.48 bits per heavy atom. The van der Waals surface area contributed by atoms with Gasteiger partial charge in [0.1, 0.15) is 11.6 Å². The van der Waals surface area contributed by atoms with Crippen LogP contribution in [0.3, 0.4) is 0 Å². The molecule has 2 amide bonds. The summed E-state index contributed by atoms with van der Waals surface area (Å²) in [7, 11) is 0. The molecular formula is C17H23BrN2O3. The van der Waals surface area contributed by atoms with Gasteiger partial charge in [-0.05, 0) is 64.3 Å². The first kappa shape index (κ1) is 17.8. The quantitative estimate of drug-likeness (QED) is 0.834. The predicted molar refractivity (Wildman–Crippen MR) is 93.4 cm³/mol. The number of benzene rings is 1. The van der Waals surface area contributed by atoms with Crippen molar-refractivity contribution in [3.8, 4) is 0 Å². The molecule has 1 saturated heterocycles. The molecule has 0 aromatic heterocycles. The second-order valence-electron chi connectivity index (χ2n) is 6.68. The van der Waals surface area contributed by atoms with Crippen LogP contribution in [0.25, 0.3) is 0 Å². The van der Waals surface area contributed by atoms with E-state index in [-0.39, 0.29) is 5.91 Å². The molecule has 1 heterocycles. The topological polar surface area (TPSA) is 58.6 Å². The standard InChI is InChI=1S/C17H23BrN2O3/c1-17(2,3)23-16(22)20-11-5-4-6-14(20)15(21)19-13-9-7-12(18)8-10-13/h7-10,14H,4-6,11H2,1-3H3,(H,19,21). The van der Waals surface area contributed by atoms with E-state index in [2.05, 4.69) is 21.2 Å². The van der Waals surface area contributed by atoms with E-state index < -0.39 is 17.7 Å². The average Bonchev–Trinajstić information content (AvgIpc) is 2.48. The van der Waals surface area contributed by atoms with Crippen LogP contribution in [0.1, 0.15) is 40.0 Å². The third kappa shape index (κ3) is 5.23. The van der Waals surface area contributed by atoms with E-state index in [1.807, 2.05) is 45.0 Å². The molecule has 23 heavy (non-hydrogen) atoms. The van der Waals surface area contributed by atoms with Gasteiger partial charge in [0, 0.05) is 16.7 Å². The number of nitrogens with zero attached hydrogens (tertiary/aromatic N) is 1. The fraction of sp³-hybridized carbons (Fsp3) is 0.529. The molecule has 0 bridgehead atoms. The molecule has 1 atom stereocenters. The van der Waals surface area contributed by atoms with Crippen molar-refractivity contribution in [2.75, 3.05) is 11.9 Å². The number of halogens is 1. The van der Waals surface area contributed by atoms with Crippen LogP contribution >= 0.6 is 15.9 Å². The van der Waals surface area contributed by atoms with Crippen LogP contribution in [0.15, 0.2) is 28.7 Å². The van der Waals surface area contributed by atoms with Crippen LogP contribution in [0, 0.1) is 0 Å². The van der Waals surface area contributed by atoms with Gasteiger partial charge in [0.05, 0.1) is 0 Å². The highest BCUT2D eigenvalue weighted by Crippen LogP contribution is 2.22. The third-order valence-corrected chi connectivity index (χ3v) is 4.07. The van der Waals surface area contributed by atoms with Gasteiger partial charge >= 0.3 is 6.09 Å². The van der Waals surface area contributed by atoms with Crippen LogP contribution in [-0.4, -0.2) is 35.1 Å². The molecule has 1 unspecified atom stereocenters. The number of rotatable bonds is 2. The normalized spacial score (nSPS) is 18.4. The molecule has 2 rings (SSSR count). The van der Waals surface area contributed by atoms with Crippen LogP contribution in [0.5, 0.6) is 0 Å². The van der Waals surface area contributed by atoms with Crippen molar-refractivity contribution < 1.29 is 14.3 Å². The maximum Gasteiger partial charge on any atom is 0.410 e. The Morgan fingerprint density at radius 1 is 1.22 bits per heavy atom. The first-order valence-corrected chi connectivity index (χ1v) is 8.61. The number of ether oxygens (including phenoxy) is 1. The predicted octanol–water partition coefficient (Wildman–Crippen LogP) is 4.18. The summed E-state index contributed by atoms with van der Waals surface area (Å²) in [5.74, 6) is -0.169. The first-order valence-electron chi connectivity index (χ1n) is 7.82. The number of nitrogens with one attached hydrogen (secondary N) is 1. The second kappa shape index (κ2) is 7.34. The third-order valence-electron chi connectivity index (χ3n) is 3.55. The minimum Gasteiger partial charge on any atom is -0.444 e. The molecule has 0 aliphatic carbocycles. The van der Waals surface area contributed by atoms with Crippen LogP contribution < -0.4 is 5.32 Å². The number of anilines is 1. The average molecular weight is 383 g/mol. The minimum atomic E-state index is -0.568. The Labute approximate surface area is 145 Å². The monoisotopic (exact) mass is 382 g/mol. The molecular weight excluding hydrogens is 360 g/mol. The highest BCUT2D eigenvalue weighted by Gasteiger charge is 2.34. The van der Waals surface area contributed by atoms with Gasteiger partial charge in [-0.25, -0.2) is 4.79 Å². The lowest BCUT2D eigenvalue weighted by atomic mass is 10.0. The van der Waals surface area contributed by atoms with Crippen molar-refractivity contribution in [2.24, 2.45) is 0 Å². The second-order valence-corrected chi connectivity index (χ2v) is 7.60. The number of hydrogen-bond acceptors (Lipinski definition) is 3. The highest BCUT2D eigenvalue weighted by atomic mass is 79.9. The SMILES string of the molecule is CC(C)(C)OC(=O)N1CCCCC1C(=O)Nc1ccc(Br)cc1. The van der Waals surface area contributed by atoms with Gasteiger partial charge in [-0.15, -0.1) is 0 Å². The fourth-order valence-corrected chi connectivity index (χ4v) is 2.77. The van der Waals surface area contributed by atoms with Crippen LogP contribution in [0.2, 0.25) is 0 Å². The van der Waals surface area contributed by atoms with E-state index in [1.54, 1.807) is 4.90 Å². The number of piperidine rings is 1. The molecule has 5 nitrogen and oxygen atoms in total. The summed E-state index contributed by atoms with van der Waals surface area (Å²) in [6.07, 6.45) is 2.05. The molecule has 1 N–H and O–H groups in total. The number of amides is 2. The molecule has 1 aliphatic heterocycles. The fourth-order valence-electron chi connectivity index (χ4n) is 2.50. The molecule has 0 spiro atoms. The zero-order valence-corrected chi connectivity index (χ0v) is 15.4. The largest absolute Gasteiger partial charge is 0.444 e. The lowest BCUT2D eigenvalue weighted by Gasteiger charge is -2.35. The number of likely N-dealkylation sites (tertiary alicyclic amines) is 1. The van der Waals surface area contributed by atoms with Gasteiger partial charge in [-0.1, -0.05) is 15.9 Å². The number of carbonyl (C=O) groups is 2. The molecule has 1 aliphatic rings. The van der Waals surface area contributed by atoms with Crippen molar-refractivity contribution in [1.82, 2.24) is 4.90 Å². The maximum absolute atomic E-state index is 12.6. The van der Waals surface area contributed by atoms with Crippen LogP contribution in [-0.2, 0) is 9.53 Å². The molecule has 1 aromatic carbocycles. The summed E-state index contributed by atoms with van der Waals surface area (Å²) >= 11 is 3.36. The lowest BCUT2D eigenvalue weighted by Crippen LogP contribution is -2.51. The zero-order valence-electron chi connectivity index (χ0n) is 13.8. The van der Waals surface area contributed by atoms with E-state index >= 15 is 0 Å². The van der Waals surface area contributed by atoms with E-state index in [0.717, 1.165) is 17.3 Å². The van der Waals surface area contributed by atoms with Gasteiger partial charge in [0.25, 0.3) is 0 Å². The number of carbonyl (C=O) groups excluding carboxylic acids is 2. The summed E-state index contributed by atoms with van der Waals surface area (Å²) in [4.78, 5) is 26.4. The van der Waals surface area contributed by atoms with Gasteiger partial charge in [0.2, 0.25) is 5.91 Å². The van der Waals surface area contributed by atoms with Crippen molar-refractivity contribution >= 4 is 33.6 Å². The van der Waals surface area contributed by atoms with Gasteiger partial charge in [-0.2, -0.15) is 0 Å².